The second-order valence-corrected chi connectivity index (χ2v) is 7.65. The fourth-order valence-corrected chi connectivity index (χ4v) is 3.98. The molecule has 1 aliphatic rings. The Balaban J connectivity index is 1.56. The van der Waals surface area contributed by atoms with E-state index >= 15 is 0 Å². The Kier molecular flexibility index (Phi) is 6.39. The minimum Gasteiger partial charge on any atom is -0.356 e. The molecule has 0 saturated heterocycles. The van der Waals surface area contributed by atoms with E-state index in [1.807, 2.05) is 17.5 Å². The predicted molar refractivity (Wildman–Crippen MR) is 105 cm³/mol. The standard InChI is InChI=1S/C20H25N3O2S/c1-14(24)21-12-11-15-7-9-16(10-8-15)18-13-26-20(22-18)23-19(25)17-5-3-2-4-6-17/h7-10,13,17H,2-6,11-12H2,1H3,(H,21,24)(H,22,23,25). The van der Waals surface area contributed by atoms with Crippen molar-refractivity contribution in [2.24, 2.45) is 5.92 Å². The number of carbonyl (C=O) groups excluding carboxylic acids is 2. The Bertz CT molecular complexity index is 749. The van der Waals surface area contributed by atoms with Gasteiger partial charge in [0.05, 0.1) is 5.69 Å². The van der Waals surface area contributed by atoms with Gasteiger partial charge in [0.1, 0.15) is 0 Å². The zero-order valence-corrected chi connectivity index (χ0v) is 15.9. The van der Waals surface area contributed by atoms with Crippen molar-refractivity contribution >= 4 is 28.3 Å². The molecule has 1 aliphatic carbocycles. The molecule has 1 saturated carbocycles. The van der Waals surface area contributed by atoms with Crippen molar-refractivity contribution in [1.82, 2.24) is 10.3 Å². The van der Waals surface area contributed by atoms with Crippen LogP contribution in [0.2, 0.25) is 0 Å². The summed E-state index contributed by atoms with van der Waals surface area (Å²) in [5, 5.41) is 8.43. The number of thiazole rings is 1. The summed E-state index contributed by atoms with van der Waals surface area (Å²) in [6, 6.07) is 8.17. The van der Waals surface area contributed by atoms with Crippen molar-refractivity contribution in [3.05, 3.63) is 35.2 Å². The zero-order valence-electron chi connectivity index (χ0n) is 15.1. The van der Waals surface area contributed by atoms with Crippen molar-refractivity contribution < 1.29 is 9.59 Å². The average molecular weight is 372 g/mol. The Morgan fingerprint density at radius 2 is 1.88 bits per heavy atom. The molecular weight excluding hydrogens is 346 g/mol. The largest absolute Gasteiger partial charge is 0.356 e. The number of aromatic nitrogens is 1. The van der Waals surface area contributed by atoms with Crippen LogP contribution in [0.5, 0.6) is 0 Å². The topological polar surface area (TPSA) is 71.1 Å². The molecule has 1 aromatic carbocycles. The summed E-state index contributed by atoms with van der Waals surface area (Å²) in [5.41, 5.74) is 3.08. The van der Waals surface area contributed by atoms with Crippen LogP contribution in [-0.4, -0.2) is 23.3 Å². The van der Waals surface area contributed by atoms with E-state index < -0.39 is 0 Å². The number of anilines is 1. The number of benzene rings is 1. The monoisotopic (exact) mass is 371 g/mol. The maximum atomic E-state index is 12.3. The van der Waals surface area contributed by atoms with Gasteiger partial charge in [-0.05, 0) is 24.8 Å². The molecule has 138 valence electrons. The van der Waals surface area contributed by atoms with E-state index in [1.165, 1.54) is 30.2 Å². The van der Waals surface area contributed by atoms with E-state index in [2.05, 4.69) is 27.8 Å². The third-order valence-corrected chi connectivity index (χ3v) is 5.51. The highest BCUT2D eigenvalue weighted by atomic mass is 32.1. The van der Waals surface area contributed by atoms with Crippen LogP contribution in [0.4, 0.5) is 5.13 Å². The summed E-state index contributed by atoms with van der Waals surface area (Å²) in [7, 11) is 0. The minimum atomic E-state index is -0.00750. The van der Waals surface area contributed by atoms with Gasteiger partial charge in [0, 0.05) is 30.3 Å². The maximum absolute atomic E-state index is 12.3. The van der Waals surface area contributed by atoms with Gasteiger partial charge in [-0.25, -0.2) is 4.98 Å². The second-order valence-electron chi connectivity index (χ2n) is 6.79. The van der Waals surface area contributed by atoms with Gasteiger partial charge in [-0.1, -0.05) is 43.5 Å². The molecule has 26 heavy (non-hydrogen) atoms. The first-order valence-corrected chi connectivity index (χ1v) is 10.1. The number of rotatable bonds is 6. The number of hydrogen-bond acceptors (Lipinski definition) is 4. The van der Waals surface area contributed by atoms with E-state index in [4.69, 9.17) is 0 Å². The Hall–Kier alpha value is -2.21. The quantitative estimate of drug-likeness (QED) is 0.806. The summed E-state index contributed by atoms with van der Waals surface area (Å²) in [5.74, 6) is 0.241. The van der Waals surface area contributed by atoms with Gasteiger partial charge in [-0.2, -0.15) is 0 Å². The molecule has 0 spiro atoms. The van der Waals surface area contributed by atoms with Crippen molar-refractivity contribution in [1.29, 1.82) is 0 Å². The SMILES string of the molecule is CC(=O)NCCc1ccc(-c2csc(NC(=O)C3CCCCC3)n2)cc1. The van der Waals surface area contributed by atoms with Crippen molar-refractivity contribution in [3.8, 4) is 11.3 Å². The summed E-state index contributed by atoms with van der Waals surface area (Å²) < 4.78 is 0. The summed E-state index contributed by atoms with van der Waals surface area (Å²) in [6.07, 6.45) is 6.32. The van der Waals surface area contributed by atoms with Gasteiger partial charge in [0.2, 0.25) is 11.8 Å². The zero-order chi connectivity index (χ0) is 18.4. The Morgan fingerprint density at radius 1 is 1.15 bits per heavy atom. The van der Waals surface area contributed by atoms with Crippen LogP contribution in [0.15, 0.2) is 29.6 Å². The summed E-state index contributed by atoms with van der Waals surface area (Å²) >= 11 is 1.47. The maximum Gasteiger partial charge on any atom is 0.229 e. The summed E-state index contributed by atoms with van der Waals surface area (Å²) in [4.78, 5) is 27.8. The van der Waals surface area contributed by atoms with E-state index in [1.54, 1.807) is 0 Å². The molecule has 1 fully saturated rings. The highest BCUT2D eigenvalue weighted by molar-refractivity contribution is 7.14. The average Bonchev–Trinajstić information content (AvgIpc) is 3.11. The number of nitrogens with zero attached hydrogens (tertiary/aromatic N) is 1. The number of carbonyl (C=O) groups is 2. The van der Waals surface area contributed by atoms with E-state index in [-0.39, 0.29) is 17.7 Å². The first kappa shape index (κ1) is 18.6. The van der Waals surface area contributed by atoms with E-state index in [9.17, 15) is 9.59 Å². The fraction of sp³-hybridized carbons (Fsp3) is 0.450. The van der Waals surface area contributed by atoms with Gasteiger partial charge in [-0.15, -0.1) is 11.3 Å². The van der Waals surface area contributed by atoms with E-state index in [0.29, 0.717) is 11.7 Å². The van der Waals surface area contributed by atoms with E-state index in [0.717, 1.165) is 43.4 Å². The van der Waals surface area contributed by atoms with Crippen LogP contribution in [0.3, 0.4) is 0 Å². The minimum absolute atomic E-state index is 0.00750. The molecule has 0 aliphatic heterocycles. The molecule has 2 N–H and O–H groups in total. The number of nitrogens with one attached hydrogen (secondary N) is 2. The molecule has 0 unspecified atom stereocenters. The van der Waals surface area contributed by atoms with Gasteiger partial charge in [-0.3, -0.25) is 9.59 Å². The fourth-order valence-electron chi connectivity index (χ4n) is 3.26. The summed E-state index contributed by atoms with van der Waals surface area (Å²) in [6.45, 7) is 2.17. The molecule has 2 aromatic rings. The molecule has 3 rings (SSSR count). The van der Waals surface area contributed by atoms with Crippen molar-refractivity contribution in [2.75, 3.05) is 11.9 Å². The molecule has 1 aromatic heterocycles. The molecule has 0 bridgehead atoms. The molecule has 2 amide bonds. The Labute approximate surface area is 158 Å². The van der Waals surface area contributed by atoms with Gasteiger partial charge in [0.15, 0.2) is 5.13 Å². The van der Waals surface area contributed by atoms with Crippen LogP contribution in [0.25, 0.3) is 11.3 Å². The molecule has 6 heteroatoms. The van der Waals surface area contributed by atoms with Crippen LogP contribution < -0.4 is 10.6 Å². The van der Waals surface area contributed by atoms with Crippen LogP contribution >= 0.6 is 11.3 Å². The van der Waals surface area contributed by atoms with Crippen molar-refractivity contribution in [2.45, 2.75) is 45.4 Å². The molecule has 5 nitrogen and oxygen atoms in total. The second kappa shape index (κ2) is 8.94. The van der Waals surface area contributed by atoms with Crippen LogP contribution in [0, 0.1) is 5.92 Å². The lowest BCUT2D eigenvalue weighted by atomic mass is 9.89. The smallest absolute Gasteiger partial charge is 0.229 e. The molecule has 0 radical (unpaired) electrons. The predicted octanol–water partition coefficient (Wildman–Crippen LogP) is 4.01. The van der Waals surface area contributed by atoms with Crippen LogP contribution in [0.1, 0.15) is 44.6 Å². The first-order valence-electron chi connectivity index (χ1n) is 9.22. The van der Waals surface area contributed by atoms with Gasteiger partial charge < -0.3 is 10.6 Å². The van der Waals surface area contributed by atoms with Gasteiger partial charge >= 0.3 is 0 Å². The number of hydrogen-bond donors (Lipinski definition) is 2. The highest BCUT2D eigenvalue weighted by Gasteiger charge is 2.21. The third-order valence-electron chi connectivity index (χ3n) is 4.75. The highest BCUT2D eigenvalue weighted by Crippen LogP contribution is 2.28. The Morgan fingerprint density at radius 3 is 2.58 bits per heavy atom. The molecular formula is C20H25N3O2S. The first-order chi connectivity index (χ1) is 12.6. The van der Waals surface area contributed by atoms with Crippen LogP contribution in [-0.2, 0) is 16.0 Å². The third kappa shape index (κ3) is 5.14. The lowest BCUT2D eigenvalue weighted by molar-refractivity contribution is -0.121. The lowest BCUT2D eigenvalue weighted by Gasteiger charge is -2.19. The van der Waals surface area contributed by atoms with Crippen molar-refractivity contribution in [3.63, 3.8) is 0 Å². The molecule has 1 heterocycles. The number of amides is 2. The van der Waals surface area contributed by atoms with Gasteiger partial charge in [0.25, 0.3) is 0 Å². The lowest BCUT2D eigenvalue weighted by Crippen LogP contribution is -2.24. The molecule has 0 atom stereocenters. The normalized spacial score (nSPS) is 14.8.